The van der Waals surface area contributed by atoms with Gasteiger partial charge in [0.25, 0.3) is 0 Å². The molecule has 2 bridgehead atoms. The number of fused-ring (bicyclic) bond motifs is 2. The van der Waals surface area contributed by atoms with Crippen LogP contribution in [-0.4, -0.2) is 72.6 Å². The van der Waals surface area contributed by atoms with Gasteiger partial charge in [-0.25, -0.2) is 4.79 Å². The van der Waals surface area contributed by atoms with Gasteiger partial charge in [-0.2, -0.15) is 13.5 Å². The number of hydroxylamine groups is 2. The van der Waals surface area contributed by atoms with E-state index < -0.39 is 28.5 Å². The topological polar surface area (TPSA) is 128 Å². The summed E-state index contributed by atoms with van der Waals surface area (Å²) in [6.45, 7) is 1.99. The molecule has 23 heavy (non-hydrogen) atoms. The van der Waals surface area contributed by atoms with Crippen LogP contribution in [0.15, 0.2) is 0 Å². The van der Waals surface area contributed by atoms with Crippen LogP contribution in [0.2, 0.25) is 0 Å². The summed E-state index contributed by atoms with van der Waals surface area (Å²) in [4.78, 5) is 25.7. The van der Waals surface area contributed by atoms with Crippen LogP contribution in [0.4, 0.5) is 4.79 Å². The highest BCUT2D eigenvalue weighted by molar-refractivity contribution is 7.80. The predicted molar refractivity (Wildman–Crippen MR) is 77.4 cm³/mol. The Bertz CT molecular complexity index is 588. The molecular weight excluding hydrogens is 328 g/mol. The predicted octanol–water partition coefficient (Wildman–Crippen LogP) is -1.14. The van der Waals surface area contributed by atoms with Gasteiger partial charge in [0.05, 0.1) is 6.04 Å². The molecule has 0 aromatic rings. The zero-order valence-electron chi connectivity index (χ0n) is 12.5. The molecule has 0 unspecified atom stereocenters. The zero-order chi connectivity index (χ0) is 16.6. The van der Waals surface area contributed by atoms with Crippen LogP contribution < -0.4 is 10.6 Å². The summed E-state index contributed by atoms with van der Waals surface area (Å²) in [6.07, 6.45) is 2.99. The van der Waals surface area contributed by atoms with Gasteiger partial charge in [-0.1, -0.05) is 0 Å². The van der Waals surface area contributed by atoms with Crippen molar-refractivity contribution in [1.82, 2.24) is 20.6 Å². The molecule has 3 heterocycles. The Morgan fingerprint density at radius 3 is 2.83 bits per heavy atom. The molecule has 3 saturated heterocycles. The summed E-state index contributed by atoms with van der Waals surface area (Å²) in [5.74, 6) is -0.223. The molecule has 0 spiro atoms. The molecule has 0 aromatic heterocycles. The molecule has 3 N–H and O–H groups in total. The van der Waals surface area contributed by atoms with Crippen molar-refractivity contribution in [2.75, 3.05) is 19.6 Å². The monoisotopic (exact) mass is 348 g/mol. The Morgan fingerprint density at radius 1 is 1.35 bits per heavy atom. The lowest BCUT2D eigenvalue weighted by molar-refractivity contribution is -0.127. The number of carbonyl (C=O) groups is 2. The molecule has 0 saturated carbocycles. The third kappa shape index (κ3) is 3.57. The highest BCUT2D eigenvalue weighted by Gasteiger charge is 2.53. The Hall–Kier alpha value is -1.43. The lowest BCUT2D eigenvalue weighted by atomic mass is 10.1. The highest BCUT2D eigenvalue weighted by Crippen LogP contribution is 2.32. The second-order valence-electron chi connectivity index (χ2n) is 6.05. The molecule has 3 aliphatic rings. The number of rotatable bonds is 4. The fraction of sp³-hybridized carbons (Fsp3) is 0.833. The fourth-order valence-corrected chi connectivity index (χ4v) is 3.77. The first kappa shape index (κ1) is 16.4. The maximum Gasteiger partial charge on any atom is 0.418 e. The van der Waals surface area contributed by atoms with Crippen molar-refractivity contribution >= 4 is 22.3 Å². The van der Waals surface area contributed by atoms with E-state index in [0.717, 1.165) is 32.4 Å². The standard InChI is InChI=1S/C12H20N4O6S/c17-11(14-8-2-1-4-13-5-3-8)10-6-9-7-15(10)12(18)16(9)22-23(19,20)21/h8-10,13H,1-7H2,(H,14,17)(H,19,20,21)/t8-,9+,10-/m0/s1. The number of urea groups is 1. The number of carbonyl (C=O) groups excluding carboxylic acids is 2. The summed E-state index contributed by atoms with van der Waals surface area (Å²) in [7, 11) is -4.76. The van der Waals surface area contributed by atoms with Gasteiger partial charge in [0.15, 0.2) is 0 Å². The minimum absolute atomic E-state index is 0.0816. The van der Waals surface area contributed by atoms with Crippen LogP contribution in [0.25, 0.3) is 0 Å². The van der Waals surface area contributed by atoms with E-state index in [1.807, 2.05) is 0 Å². The van der Waals surface area contributed by atoms with Crippen molar-refractivity contribution in [2.45, 2.75) is 43.8 Å². The fourth-order valence-electron chi connectivity index (χ4n) is 3.38. The van der Waals surface area contributed by atoms with Crippen LogP contribution >= 0.6 is 0 Å². The third-order valence-electron chi connectivity index (χ3n) is 4.44. The first-order chi connectivity index (χ1) is 10.8. The van der Waals surface area contributed by atoms with Gasteiger partial charge in [-0.3, -0.25) is 9.35 Å². The van der Waals surface area contributed by atoms with Gasteiger partial charge in [-0.15, -0.1) is 4.28 Å². The first-order valence-corrected chi connectivity index (χ1v) is 8.99. The van der Waals surface area contributed by atoms with Crippen LogP contribution in [0.3, 0.4) is 0 Å². The molecule has 11 heteroatoms. The summed E-state index contributed by atoms with van der Waals surface area (Å²) in [6, 6.07) is -1.82. The van der Waals surface area contributed by atoms with Gasteiger partial charge in [0, 0.05) is 19.0 Å². The Morgan fingerprint density at radius 2 is 2.13 bits per heavy atom. The van der Waals surface area contributed by atoms with Crippen LogP contribution in [-0.2, 0) is 19.5 Å². The largest absolute Gasteiger partial charge is 0.418 e. The van der Waals surface area contributed by atoms with Crippen LogP contribution in [0.1, 0.15) is 25.7 Å². The second kappa shape index (κ2) is 6.23. The quantitative estimate of drug-likeness (QED) is 0.548. The second-order valence-corrected chi connectivity index (χ2v) is 7.06. The van der Waals surface area contributed by atoms with E-state index in [9.17, 15) is 18.0 Å². The van der Waals surface area contributed by atoms with Crippen molar-refractivity contribution < 1.29 is 26.8 Å². The summed E-state index contributed by atoms with van der Waals surface area (Å²) >= 11 is 0. The van der Waals surface area contributed by atoms with Crippen LogP contribution in [0, 0.1) is 0 Å². The maximum atomic E-state index is 12.4. The van der Waals surface area contributed by atoms with E-state index in [-0.39, 0.29) is 24.9 Å². The molecule has 130 valence electrons. The Labute approximate surface area is 134 Å². The van der Waals surface area contributed by atoms with E-state index in [0.29, 0.717) is 5.06 Å². The lowest BCUT2D eigenvalue weighted by Crippen LogP contribution is -2.53. The van der Waals surface area contributed by atoms with E-state index >= 15 is 0 Å². The van der Waals surface area contributed by atoms with Gasteiger partial charge in [0.1, 0.15) is 6.04 Å². The molecule has 3 fully saturated rings. The number of nitrogens with one attached hydrogen (secondary N) is 2. The lowest BCUT2D eigenvalue weighted by Gasteiger charge is -2.30. The maximum absolute atomic E-state index is 12.4. The van der Waals surface area contributed by atoms with E-state index in [4.69, 9.17) is 4.55 Å². The average molecular weight is 348 g/mol. The van der Waals surface area contributed by atoms with Crippen molar-refractivity contribution in [1.29, 1.82) is 0 Å². The van der Waals surface area contributed by atoms with Gasteiger partial charge >= 0.3 is 16.4 Å². The van der Waals surface area contributed by atoms with Crippen molar-refractivity contribution in [3.8, 4) is 0 Å². The van der Waals surface area contributed by atoms with Crippen LogP contribution in [0.5, 0.6) is 0 Å². The van der Waals surface area contributed by atoms with Gasteiger partial charge in [0.2, 0.25) is 5.91 Å². The molecule has 3 rings (SSSR count). The number of nitrogens with zero attached hydrogens (tertiary/aromatic N) is 2. The number of amides is 3. The molecule has 0 aromatic carbocycles. The number of hydrogen-bond donors (Lipinski definition) is 3. The summed E-state index contributed by atoms with van der Waals surface area (Å²) in [5.41, 5.74) is 0. The minimum Gasteiger partial charge on any atom is -0.352 e. The molecular formula is C12H20N4O6S. The molecule has 3 atom stereocenters. The van der Waals surface area contributed by atoms with Gasteiger partial charge in [-0.05, 0) is 32.4 Å². The van der Waals surface area contributed by atoms with E-state index in [2.05, 4.69) is 14.9 Å². The summed E-state index contributed by atoms with van der Waals surface area (Å²) < 4.78 is 34.5. The SMILES string of the molecule is O=C(N[C@H]1CCCNCC1)[C@@H]1C[C@@H]2CN1C(=O)N2OS(=O)(=O)O. The van der Waals surface area contributed by atoms with Crippen molar-refractivity contribution in [3.05, 3.63) is 0 Å². The minimum atomic E-state index is -4.76. The first-order valence-electron chi connectivity index (χ1n) is 7.63. The molecule has 3 amide bonds. The normalized spacial score (nSPS) is 31.3. The zero-order valence-corrected chi connectivity index (χ0v) is 13.3. The van der Waals surface area contributed by atoms with Crippen molar-refractivity contribution in [3.63, 3.8) is 0 Å². The average Bonchev–Trinajstić information content (AvgIpc) is 2.90. The van der Waals surface area contributed by atoms with Crippen molar-refractivity contribution in [2.24, 2.45) is 0 Å². The molecule has 3 aliphatic heterocycles. The Kier molecular flexibility index (Phi) is 4.45. The third-order valence-corrected chi connectivity index (χ3v) is 4.79. The van der Waals surface area contributed by atoms with E-state index in [1.165, 1.54) is 4.90 Å². The summed E-state index contributed by atoms with van der Waals surface area (Å²) in [5, 5.41) is 6.85. The Balaban J connectivity index is 1.59. The smallest absolute Gasteiger partial charge is 0.352 e. The highest BCUT2D eigenvalue weighted by atomic mass is 32.3. The molecule has 10 nitrogen and oxygen atoms in total. The number of hydrogen-bond acceptors (Lipinski definition) is 6. The van der Waals surface area contributed by atoms with E-state index in [1.54, 1.807) is 0 Å². The molecule has 0 aliphatic carbocycles. The van der Waals surface area contributed by atoms with Gasteiger partial charge < -0.3 is 15.5 Å². The molecule has 0 radical (unpaired) electrons.